The van der Waals surface area contributed by atoms with Crippen molar-refractivity contribution in [1.82, 2.24) is 10.3 Å². The maximum Gasteiger partial charge on any atom is 0.226 e. The minimum Gasteiger partial charge on any atom is -0.345 e. The van der Waals surface area contributed by atoms with Crippen LogP contribution in [0.15, 0.2) is 78.2 Å². The summed E-state index contributed by atoms with van der Waals surface area (Å²) in [5.74, 6) is -0.912. The number of hydrogen-bond acceptors (Lipinski definition) is 3. The molecule has 3 aromatic carbocycles. The number of halogens is 2. The van der Waals surface area contributed by atoms with Crippen molar-refractivity contribution >= 4 is 17.2 Å². The second kappa shape index (κ2) is 9.83. The fourth-order valence-electron chi connectivity index (χ4n) is 3.51. The molecule has 0 aliphatic rings. The quantitative estimate of drug-likeness (QED) is 0.371. The molecule has 6 heteroatoms. The number of nitrogens with zero attached hydrogens (tertiary/aromatic N) is 1. The molecular weight excluding hydrogens is 426 g/mol. The van der Waals surface area contributed by atoms with Crippen LogP contribution in [0.25, 0.3) is 10.6 Å². The zero-order valence-electron chi connectivity index (χ0n) is 17.5. The van der Waals surface area contributed by atoms with Gasteiger partial charge in [-0.1, -0.05) is 55.5 Å². The first kappa shape index (κ1) is 21.8. The van der Waals surface area contributed by atoms with E-state index in [2.05, 4.69) is 17.2 Å². The molecule has 0 bridgehead atoms. The van der Waals surface area contributed by atoms with Crippen LogP contribution in [-0.2, 0) is 17.6 Å². The van der Waals surface area contributed by atoms with Gasteiger partial charge in [0.1, 0.15) is 16.6 Å². The van der Waals surface area contributed by atoms with Crippen molar-refractivity contribution in [2.45, 2.75) is 25.8 Å². The summed E-state index contributed by atoms with van der Waals surface area (Å²) in [5, 5.41) is 5.48. The molecule has 1 amide bonds. The van der Waals surface area contributed by atoms with Crippen molar-refractivity contribution in [3.63, 3.8) is 0 Å². The largest absolute Gasteiger partial charge is 0.345 e. The summed E-state index contributed by atoms with van der Waals surface area (Å²) in [6.45, 7) is 2.08. The molecule has 3 nitrogen and oxygen atoms in total. The highest BCUT2D eigenvalue weighted by Crippen LogP contribution is 2.26. The number of aromatic nitrogens is 1. The number of thiazole rings is 1. The monoisotopic (exact) mass is 448 g/mol. The summed E-state index contributed by atoms with van der Waals surface area (Å²) in [5.41, 5.74) is 4.01. The summed E-state index contributed by atoms with van der Waals surface area (Å²) < 4.78 is 27.4. The van der Waals surface area contributed by atoms with Crippen LogP contribution in [0.4, 0.5) is 8.78 Å². The molecule has 1 heterocycles. The number of rotatable bonds is 7. The molecular formula is C26H22F2N2OS. The molecule has 162 valence electrons. The van der Waals surface area contributed by atoms with E-state index >= 15 is 0 Å². The molecule has 1 atom stereocenters. The van der Waals surface area contributed by atoms with Crippen LogP contribution in [0.1, 0.15) is 35.3 Å². The Kier molecular flexibility index (Phi) is 6.71. The van der Waals surface area contributed by atoms with E-state index in [9.17, 15) is 13.6 Å². The summed E-state index contributed by atoms with van der Waals surface area (Å²) in [4.78, 5) is 17.4. The Morgan fingerprint density at radius 1 is 0.969 bits per heavy atom. The summed E-state index contributed by atoms with van der Waals surface area (Å²) >= 11 is 1.36. The summed E-state index contributed by atoms with van der Waals surface area (Å²) in [7, 11) is 0. The van der Waals surface area contributed by atoms with E-state index in [4.69, 9.17) is 0 Å². The fraction of sp³-hybridized carbons (Fsp3) is 0.154. The standard InChI is InChI=1S/C26H22F2N2OS/c1-2-17-9-11-18(12-10-17)25(19-5-3-7-21(27)13-19)30-24(31)15-23-16-32-26(29-23)20-6-4-8-22(28)14-20/h3-14,16,25H,2,15H2,1H3,(H,30,31). The fourth-order valence-corrected chi connectivity index (χ4v) is 4.33. The molecule has 0 spiro atoms. The van der Waals surface area contributed by atoms with Gasteiger partial charge in [0, 0.05) is 10.9 Å². The second-order valence-corrected chi connectivity index (χ2v) is 8.34. The smallest absolute Gasteiger partial charge is 0.226 e. The highest BCUT2D eigenvalue weighted by molar-refractivity contribution is 7.13. The minimum atomic E-state index is -0.481. The molecule has 1 unspecified atom stereocenters. The number of benzene rings is 3. The Balaban J connectivity index is 1.53. The third kappa shape index (κ3) is 5.26. The van der Waals surface area contributed by atoms with E-state index in [1.807, 2.05) is 24.3 Å². The van der Waals surface area contributed by atoms with Gasteiger partial charge in [0.05, 0.1) is 18.2 Å². The minimum absolute atomic E-state index is 0.0741. The first-order valence-corrected chi connectivity index (χ1v) is 11.2. The van der Waals surface area contributed by atoms with Crippen LogP contribution in [0.5, 0.6) is 0 Å². The van der Waals surface area contributed by atoms with Crippen LogP contribution in [-0.4, -0.2) is 10.9 Å². The van der Waals surface area contributed by atoms with Gasteiger partial charge in [-0.3, -0.25) is 4.79 Å². The lowest BCUT2D eigenvalue weighted by Crippen LogP contribution is -2.30. The van der Waals surface area contributed by atoms with E-state index in [0.717, 1.165) is 12.0 Å². The maximum atomic E-state index is 13.9. The van der Waals surface area contributed by atoms with E-state index in [0.29, 0.717) is 21.8 Å². The lowest BCUT2D eigenvalue weighted by Gasteiger charge is -2.20. The summed E-state index contributed by atoms with van der Waals surface area (Å²) in [6.07, 6.45) is 0.986. The van der Waals surface area contributed by atoms with Crippen LogP contribution in [0.2, 0.25) is 0 Å². The molecule has 4 rings (SSSR count). The maximum absolute atomic E-state index is 13.9. The lowest BCUT2D eigenvalue weighted by atomic mass is 9.97. The van der Waals surface area contributed by atoms with E-state index in [1.54, 1.807) is 29.6 Å². The highest BCUT2D eigenvalue weighted by atomic mass is 32.1. The van der Waals surface area contributed by atoms with Crippen molar-refractivity contribution in [3.05, 3.63) is 112 Å². The zero-order chi connectivity index (χ0) is 22.5. The van der Waals surface area contributed by atoms with Crippen molar-refractivity contribution in [2.24, 2.45) is 0 Å². The Morgan fingerprint density at radius 3 is 2.38 bits per heavy atom. The number of aryl methyl sites for hydroxylation is 1. The van der Waals surface area contributed by atoms with Gasteiger partial charge < -0.3 is 5.32 Å². The van der Waals surface area contributed by atoms with Gasteiger partial charge in [-0.25, -0.2) is 13.8 Å². The van der Waals surface area contributed by atoms with E-state index in [1.165, 1.54) is 41.2 Å². The predicted octanol–water partition coefficient (Wildman–Crippen LogP) is 6.10. The molecule has 32 heavy (non-hydrogen) atoms. The van der Waals surface area contributed by atoms with Crippen LogP contribution >= 0.6 is 11.3 Å². The van der Waals surface area contributed by atoms with Crippen LogP contribution in [0, 0.1) is 11.6 Å². The SMILES string of the molecule is CCc1ccc(C(NC(=O)Cc2csc(-c3cccc(F)c3)n2)c2cccc(F)c2)cc1. The molecule has 0 aliphatic heterocycles. The highest BCUT2D eigenvalue weighted by Gasteiger charge is 2.19. The molecule has 0 saturated carbocycles. The third-order valence-electron chi connectivity index (χ3n) is 5.17. The molecule has 0 aliphatic carbocycles. The van der Waals surface area contributed by atoms with Crippen LogP contribution < -0.4 is 5.32 Å². The topological polar surface area (TPSA) is 42.0 Å². The Morgan fingerprint density at radius 2 is 1.69 bits per heavy atom. The number of hydrogen-bond donors (Lipinski definition) is 1. The number of amides is 1. The Labute approximate surface area is 189 Å². The van der Waals surface area contributed by atoms with E-state index in [-0.39, 0.29) is 24.0 Å². The summed E-state index contributed by atoms with van der Waals surface area (Å²) in [6, 6.07) is 19.9. The molecule has 0 saturated heterocycles. The molecule has 4 aromatic rings. The average Bonchev–Trinajstić information content (AvgIpc) is 3.26. The second-order valence-electron chi connectivity index (χ2n) is 7.48. The molecule has 0 fully saturated rings. The number of carbonyl (C=O) groups excluding carboxylic acids is 1. The lowest BCUT2D eigenvalue weighted by molar-refractivity contribution is -0.121. The van der Waals surface area contributed by atoms with Gasteiger partial charge in [-0.05, 0) is 47.4 Å². The van der Waals surface area contributed by atoms with Crippen molar-refractivity contribution in [3.8, 4) is 10.6 Å². The van der Waals surface area contributed by atoms with Crippen molar-refractivity contribution < 1.29 is 13.6 Å². The van der Waals surface area contributed by atoms with Gasteiger partial charge in [0.25, 0.3) is 0 Å². The van der Waals surface area contributed by atoms with E-state index < -0.39 is 6.04 Å². The van der Waals surface area contributed by atoms with Crippen molar-refractivity contribution in [1.29, 1.82) is 0 Å². The van der Waals surface area contributed by atoms with Gasteiger partial charge in [0.15, 0.2) is 0 Å². The van der Waals surface area contributed by atoms with Gasteiger partial charge in [0.2, 0.25) is 5.91 Å². The molecule has 1 aromatic heterocycles. The average molecular weight is 449 g/mol. The normalized spacial score (nSPS) is 11.8. The first-order chi connectivity index (χ1) is 15.5. The molecule has 1 N–H and O–H groups in total. The number of nitrogens with one attached hydrogen (secondary N) is 1. The van der Waals surface area contributed by atoms with Gasteiger partial charge in [-0.2, -0.15) is 0 Å². The van der Waals surface area contributed by atoms with Gasteiger partial charge >= 0.3 is 0 Å². The van der Waals surface area contributed by atoms with Crippen molar-refractivity contribution in [2.75, 3.05) is 0 Å². The van der Waals surface area contributed by atoms with Gasteiger partial charge in [-0.15, -0.1) is 11.3 Å². The number of carbonyl (C=O) groups is 1. The predicted molar refractivity (Wildman–Crippen MR) is 123 cm³/mol. The van der Waals surface area contributed by atoms with Crippen LogP contribution in [0.3, 0.4) is 0 Å². The Hall–Kier alpha value is -3.38. The first-order valence-electron chi connectivity index (χ1n) is 10.4. The molecule has 0 radical (unpaired) electrons. The zero-order valence-corrected chi connectivity index (χ0v) is 18.3. The third-order valence-corrected chi connectivity index (χ3v) is 6.11. The Bertz CT molecular complexity index is 1220.